The van der Waals surface area contributed by atoms with E-state index >= 15 is 0 Å². The van der Waals surface area contributed by atoms with Crippen molar-refractivity contribution in [2.24, 2.45) is 0 Å². The van der Waals surface area contributed by atoms with Gasteiger partial charge in [0, 0.05) is 11.5 Å². The van der Waals surface area contributed by atoms with Crippen molar-refractivity contribution in [1.82, 2.24) is 14.4 Å². The summed E-state index contributed by atoms with van der Waals surface area (Å²) in [5.74, 6) is 0. The Morgan fingerprint density at radius 1 is 1.10 bits per heavy atom. The van der Waals surface area contributed by atoms with Gasteiger partial charge in [-0.25, -0.2) is 9.97 Å². The topological polar surface area (TPSA) is 30.2 Å². The van der Waals surface area contributed by atoms with Crippen molar-refractivity contribution in [2.75, 3.05) is 0 Å². The predicted octanol–water partition coefficient (Wildman–Crippen LogP) is 4.33. The van der Waals surface area contributed by atoms with E-state index in [1.54, 1.807) is 20.8 Å². The molecule has 9 heteroatoms. The maximum absolute atomic E-state index is 13.2. The molecule has 0 saturated heterocycles. The fraction of sp³-hybridized carbons (Fsp3) is 0.500. The van der Waals surface area contributed by atoms with Crippen molar-refractivity contribution < 1.29 is 22.0 Å². The van der Waals surface area contributed by atoms with Crippen LogP contribution < -0.4 is 0 Å². The maximum atomic E-state index is 13.2. The van der Waals surface area contributed by atoms with E-state index in [1.165, 1.54) is 0 Å². The molecule has 0 aliphatic heterocycles. The molecule has 0 radical (unpaired) electrons. The highest BCUT2D eigenvalue weighted by Gasteiger charge is 2.42. The van der Waals surface area contributed by atoms with Gasteiger partial charge in [0.05, 0.1) is 5.69 Å². The summed E-state index contributed by atoms with van der Waals surface area (Å²) in [5, 5.41) is -3.77. The average Bonchev–Trinajstić information content (AvgIpc) is 2.64. The number of hydrogen-bond donors (Lipinski definition) is 0. The van der Waals surface area contributed by atoms with Gasteiger partial charge in [0.2, 0.25) is 0 Å². The molecule has 0 N–H and O–H groups in total. The molecule has 21 heavy (non-hydrogen) atoms. The Labute approximate surface area is 121 Å². The van der Waals surface area contributed by atoms with Gasteiger partial charge >= 0.3 is 11.6 Å². The van der Waals surface area contributed by atoms with Crippen molar-refractivity contribution in [3.63, 3.8) is 0 Å². The highest BCUT2D eigenvalue weighted by atomic mass is 35.5. The van der Waals surface area contributed by atoms with Crippen LogP contribution in [0, 0.1) is 0 Å². The molecule has 0 fully saturated rings. The molecule has 0 amide bonds. The summed E-state index contributed by atoms with van der Waals surface area (Å²) < 4.78 is 66.3. The minimum atomic E-state index is -4.69. The molecule has 0 unspecified atom stereocenters. The number of imidazole rings is 1. The molecule has 2 heterocycles. The second-order valence-corrected chi connectivity index (χ2v) is 6.03. The molecule has 3 nitrogen and oxygen atoms in total. The summed E-state index contributed by atoms with van der Waals surface area (Å²) in [6.07, 6.45) is -4.03. The first kappa shape index (κ1) is 15.9. The van der Waals surface area contributed by atoms with Crippen molar-refractivity contribution >= 4 is 17.2 Å². The van der Waals surface area contributed by atoms with Gasteiger partial charge in [-0.15, -0.1) is 0 Å². The van der Waals surface area contributed by atoms with Gasteiger partial charge in [0.25, 0.3) is 0 Å². The van der Waals surface area contributed by atoms with E-state index in [-0.39, 0.29) is 11.3 Å². The number of nitrogens with zero attached hydrogens (tertiary/aromatic N) is 3. The molecule has 2 rings (SSSR count). The Bertz CT molecular complexity index is 679. The summed E-state index contributed by atoms with van der Waals surface area (Å²) in [6, 6.07) is 0.747. The zero-order chi connectivity index (χ0) is 16.2. The number of aromatic nitrogens is 3. The van der Waals surface area contributed by atoms with Gasteiger partial charge in [-0.3, -0.25) is 4.40 Å². The van der Waals surface area contributed by atoms with E-state index in [0.29, 0.717) is 10.7 Å². The fourth-order valence-corrected chi connectivity index (χ4v) is 2.00. The number of rotatable bonds is 1. The molecule has 0 aliphatic rings. The zero-order valence-corrected chi connectivity index (χ0v) is 12.0. The third-order valence-electron chi connectivity index (χ3n) is 2.79. The third kappa shape index (κ3) is 2.95. The monoisotopic (exact) mass is 327 g/mol. The largest absolute Gasteiger partial charge is 0.433 e. The first-order valence-corrected chi connectivity index (χ1v) is 6.22. The van der Waals surface area contributed by atoms with Crippen LogP contribution >= 0.6 is 11.6 Å². The molecule has 0 bridgehead atoms. The van der Waals surface area contributed by atoms with E-state index in [2.05, 4.69) is 9.97 Å². The molecular formula is C12H11ClF5N3. The van der Waals surface area contributed by atoms with E-state index < -0.39 is 28.4 Å². The van der Waals surface area contributed by atoms with Crippen LogP contribution in [0.2, 0.25) is 0 Å². The number of fused-ring (bicyclic) bond motifs is 1. The average molecular weight is 328 g/mol. The smallest absolute Gasteiger partial charge is 0.279 e. The standard InChI is InChI=1S/C12H11ClF5N3/c1-10(2,3)8-9(12(16,17)18)21-5-19-6(11(13,14)15)4-7(21)20-8/h4-5H,1-3H3. The van der Waals surface area contributed by atoms with Crippen molar-refractivity contribution in [1.29, 1.82) is 0 Å². The molecule has 0 spiro atoms. The Morgan fingerprint density at radius 3 is 2.10 bits per heavy atom. The summed E-state index contributed by atoms with van der Waals surface area (Å²) >= 11 is 4.83. The van der Waals surface area contributed by atoms with E-state index in [9.17, 15) is 22.0 Å². The third-order valence-corrected chi connectivity index (χ3v) is 2.98. The van der Waals surface area contributed by atoms with Crippen LogP contribution in [0.1, 0.15) is 37.9 Å². The van der Waals surface area contributed by atoms with E-state index in [4.69, 9.17) is 11.6 Å². The van der Waals surface area contributed by atoms with Gasteiger partial charge in [-0.05, 0) is 11.6 Å². The van der Waals surface area contributed by atoms with Crippen LogP contribution in [0.5, 0.6) is 0 Å². The molecule has 2 aromatic heterocycles. The minimum absolute atomic E-state index is 0.244. The summed E-state index contributed by atoms with van der Waals surface area (Å²) in [4.78, 5) is 7.12. The fourth-order valence-electron chi connectivity index (χ4n) is 1.90. The summed E-state index contributed by atoms with van der Waals surface area (Å²) in [7, 11) is 0. The lowest BCUT2D eigenvalue weighted by Gasteiger charge is -2.19. The lowest BCUT2D eigenvalue weighted by molar-refractivity contribution is -0.143. The van der Waals surface area contributed by atoms with Crippen LogP contribution in [0.15, 0.2) is 12.4 Å². The maximum Gasteiger partial charge on any atom is 0.433 e. The van der Waals surface area contributed by atoms with Crippen molar-refractivity contribution in [2.45, 2.75) is 37.7 Å². The van der Waals surface area contributed by atoms with E-state index in [0.717, 1.165) is 6.07 Å². The highest BCUT2D eigenvalue weighted by Crippen LogP contribution is 2.38. The Hall–Kier alpha value is -1.44. The molecular weight excluding hydrogens is 317 g/mol. The normalized spacial score (nSPS) is 14.0. The molecule has 116 valence electrons. The van der Waals surface area contributed by atoms with Crippen molar-refractivity contribution in [3.8, 4) is 0 Å². The highest BCUT2D eigenvalue weighted by molar-refractivity contribution is 6.21. The number of hydrogen-bond acceptors (Lipinski definition) is 2. The van der Waals surface area contributed by atoms with Crippen LogP contribution in [0.3, 0.4) is 0 Å². The lowest BCUT2D eigenvalue weighted by atomic mass is 9.90. The lowest BCUT2D eigenvalue weighted by Crippen LogP contribution is -2.20. The zero-order valence-electron chi connectivity index (χ0n) is 11.3. The van der Waals surface area contributed by atoms with Gasteiger partial charge in [0.15, 0.2) is 5.69 Å². The van der Waals surface area contributed by atoms with Gasteiger partial charge in [0.1, 0.15) is 17.7 Å². The Kier molecular flexibility index (Phi) is 3.44. The van der Waals surface area contributed by atoms with Crippen LogP contribution in [0.4, 0.5) is 22.0 Å². The van der Waals surface area contributed by atoms with Crippen LogP contribution in [-0.4, -0.2) is 14.4 Å². The Balaban J connectivity index is 2.80. The summed E-state index contributed by atoms with van der Waals surface area (Å²) in [5.41, 5.74) is -3.32. The molecule has 0 saturated carbocycles. The first-order valence-electron chi connectivity index (χ1n) is 5.85. The quantitative estimate of drug-likeness (QED) is 0.576. The molecule has 0 aliphatic carbocycles. The summed E-state index contributed by atoms with van der Waals surface area (Å²) in [6.45, 7) is 4.65. The first-order chi connectivity index (χ1) is 9.32. The second-order valence-electron chi connectivity index (χ2n) is 5.56. The molecule has 0 atom stereocenters. The van der Waals surface area contributed by atoms with Gasteiger partial charge in [-0.1, -0.05) is 20.8 Å². The van der Waals surface area contributed by atoms with Crippen molar-refractivity contribution in [3.05, 3.63) is 29.5 Å². The van der Waals surface area contributed by atoms with Crippen LogP contribution in [-0.2, 0) is 17.0 Å². The number of halogens is 6. The molecule has 0 aromatic carbocycles. The number of alkyl halides is 6. The van der Waals surface area contributed by atoms with Crippen LogP contribution in [0.25, 0.3) is 5.65 Å². The van der Waals surface area contributed by atoms with E-state index in [1.807, 2.05) is 0 Å². The minimum Gasteiger partial charge on any atom is -0.279 e. The van der Waals surface area contributed by atoms with Gasteiger partial charge < -0.3 is 0 Å². The molecule has 2 aromatic rings. The second kappa shape index (κ2) is 4.53. The predicted molar refractivity (Wildman–Crippen MR) is 66.4 cm³/mol. The Morgan fingerprint density at radius 2 is 1.67 bits per heavy atom. The SMILES string of the molecule is CC(C)(C)c1nc2cc(C(F)(F)Cl)ncn2c1C(F)(F)F. The van der Waals surface area contributed by atoms with Gasteiger partial charge in [-0.2, -0.15) is 22.0 Å².